The zero-order chi connectivity index (χ0) is 13.4. The number of nitrogens with one attached hydrogen (secondary N) is 1. The Bertz CT molecular complexity index is 511. The molecule has 1 N–H and O–H groups in total. The molecule has 0 aromatic heterocycles. The van der Waals surface area contributed by atoms with Crippen LogP contribution in [0.4, 0.5) is 0 Å². The highest BCUT2D eigenvalue weighted by Gasteiger charge is 2.11. The van der Waals surface area contributed by atoms with Gasteiger partial charge in [0, 0.05) is 6.54 Å². The first-order chi connectivity index (χ1) is 8.56. The van der Waals surface area contributed by atoms with Crippen LogP contribution < -0.4 is 4.72 Å². The van der Waals surface area contributed by atoms with Crippen molar-refractivity contribution in [2.75, 3.05) is 6.54 Å². The normalized spacial score (nSPS) is 10.9. The van der Waals surface area contributed by atoms with Crippen LogP contribution in [0.2, 0.25) is 0 Å². The van der Waals surface area contributed by atoms with Gasteiger partial charge in [0.15, 0.2) is 0 Å². The number of rotatable bonds is 7. The number of aryl methyl sites for hydroxylation is 1. The van der Waals surface area contributed by atoms with Gasteiger partial charge in [-0.15, -0.1) is 5.73 Å². The molecule has 0 saturated heterocycles. The summed E-state index contributed by atoms with van der Waals surface area (Å²) < 4.78 is 26.4. The Morgan fingerprint density at radius 1 is 1.28 bits per heavy atom. The largest absolute Gasteiger partial charge is 0.240 e. The molecule has 0 amide bonds. The molecule has 0 atom stereocenters. The second kappa shape index (κ2) is 7.17. The fraction of sp³-hybridized carbons (Fsp3) is 0.357. The Labute approximate surface area is 109 Å². The predicted octanol–water partition coefficient (Wildman–Crippen LogP) is 2.78. The average molecular weight is 265 g/mol. The number of sulfonamides is 1. The van der Waals surface area contributed by atoms with Crippen LogP contribution in [-0.4, -0.2) is 15.0 Å². The van der Waals surface area contributed by atoms with E-state index >= 15 is 0 Å². The van der Waals surface area contributed by atoms with Crippen LogP contribution >= 0.6 is 0 Å². The summed E-state index contributed by atoms with van der Waals surface area (Å²) in [6.45, 7) is 5.86. The first kappa shape index (κ1) is 14.7. The van der Waals surface area contributed by atoms with Gasteiger partial charge in [-0.05, 0) is 44.4 Å². The van der Waals surface area contributed by atoms with E-state index in [9.17, 15) is 8.42 Å². The number of unbranched alkanes of at least 4 members (excludes halogenated alkanes) is 2. The van der Waals surface area contributed by atoms with E-state index in [1.54, 1.807) is 24.3 Å². The molecule has 0 heterocycles. The maximum Gasteiger partial charge on any atom is 0.240 e. The fourth-order valence-electron chi connectivity index (χ4n) is 1.48. The molecule has 0 saturated carbocycles. The van der Waals surface area contributed by atoms with Crippen molar-refractivity contribution in [2.45, 2.75) is 31.1 Å². The fourth-order valence-corrected chi connectivity index (χ4v) is 2.55. The first-order valence-electron chi connectivity index (χ1n) is 5.97. The maximum absolute atomic E-state index is 11.9. The van der Waals surface area contributed by atoms with Crippen LogP contribution in [0.1, 0.15) is 24.8 Å². The molecule has 3 nitrogen and oxygen atoms in total. The number of hydrogen-bond acceptors (Lipinski definition) is 2. The van der Waals surface area contributed by atoms with Crippen LogP contribution in [0, 0.1) is 6.92 Å². The van der Waals surface area contributed by atoms with Gasteiger partial charge in [0.2, 0.25) is 10.0 Å². The van der Waals surface area contributed by atoms with Crippen LogP contribution in [0.3, 0.4) is 0 Å². The van der Waals surface area contributed by atoms with Crippen molar-refractivity contribution >= 4 is 10.0 Å². The highest BCUT2D eigenvalue weighted by molar-refractivity contribution is 7.89. The van der Waals surface area contributed by atoms with Gasteiger partial charge >= 0.3 is 0 Å². The van der Waals surface area contributed by atoms with Crippen LogP contribution in [-0.2, 0) is 10.0 Å². The third-order valence-corrected chi connectivity index (χ3v) is 4.02. The van der Waals surface area contributed by atoms with Gasteiger partial charge in [0.1, 0.15) is 0 Å². The van der Waals surface area contributed by atoms with Crippen molar-refractivity contribution in [3.63, 3.8) is 0 Å². The van der Waals surface area contributed by atoms with Gasteiger partial charge in [-0.25, -0.2) is 13.1 Å². The lowest BCUT2D eigenvalue weighted by atomic mass is 10.2. The summed E-state index contributed by atoms with van der Waals surface area (Å²) in [5.41, 5.74) is 3.74. The second-order valence-corrected chi connectivity index (χ2v) is 5.88. The molecule has 0 fully saturated rings. The molecule has 0 radical (unpaired) electrons. The Hall–Kier alpha value is -1.35. The summed E-state index contributed by atoms with van der Waals surface area (Å²) >= 11 is 0. The van der Waals surface area contributed by atoms with Crippen molar-refractivity contribution in [1.29, 1.82) is 0 Å². The third-order valence-electron chi connectivity index (χ3n) is 2.54. The summed E-state index contributed by atoms with van der Waals surface area (Å²) in [7, 11) is -3.36. The van der Waals surface area contributed by atoms with Gasteiger partial charge in [-0.1, -0.05) is 24.3 Å². The Morgan fingerprint density at radius 2 is 1.94 bits per heavy atom. The van der Waals surface area contributed by atoms with Crippen molar-refractivity contribution in [3.8, 4) is 0 Å². The van der Waals surface area contributed by atoms with Crippen molar-refractivity contribution in [2.24, 2.45) is 0 Å². The molecule has 18 heavy (non-hydrogen) atoms. The smallest absolute Gasteiger partial charge is 0.211 e. The summed E-state index contributed by atoms with van der Waals surface area (Å²) in [6, 6.07) is 6.84. The van der Waals surface area contributed by atoms with Gasteiger partial charge in [-0.2, -0.15) is 0 Å². The van der Waals surface area contributed by atoms with E-state index in [1.807, 2.05) is 13.0 Å². The number of benzene rings is 1. The standard InChI is InChI=1S/C14H19NO2S/c1-3-4-5-6-7-12-15-18(16,17)14-10-8-13(2)9-11-14/h4,8-11,15H,1,5-7,12H2,2H3. The highest BCUT2D eigenvalue weighted by atomic mass is 32.2. The minimum absolute atomic E-state index is 0.319. The lowest BCUT2D eigenvalue weighted by molar-refractivity contribution is 0.577. The SMILES string of the molecule is C=C=CCCCCNS(=O)(=O)c1ccc(C)cc1. The molecule has 98 valence electrons. The summed E-state index contributed by atoms with van der Waals surface area (Å²) in [6.07, 6.45) is 4.48. The number of allylic oxidation sites excluding steroid dienone is 1. The molecule has 0 aliphatic rings. The van der Waals surface area contributed by atoms with E-state index in [0.29, 0.717) is 11.4 Å². The summed E-state index contributed by atoms with van der Waals surface area (Å²) in [4.78, 5) is 0.319. The first-order valence-corrected chi connectivity index (χ1v) is 7.45. The molecule has 1 rings (SSSR count). The third kappa shape index (κ3) is 4.88. The zero-order valence-electron chi connectivity index (χ0n) is 10.6. The predicted molar refractivity (Wildman–Crippen MR) is 73.9 cm³/mol. The lowest BCUT2D eigenvalue weighted by Gasteiger charge is -2.06. The Morgan fingerprint density at radius 3 is 2.56 bits per heavy atom. The molecule has 4 heteroatoms. The molecule has 1 aromatic rings. The molecule has 1 aromatic carbocycles. The minimum Gasteiger partial charge on any atom is -0.211 e. The quantitative estimate of drug-likeness (QED) is 0.608. The van der Waals surface area contributed by atoms with Crippen molar-refractivity contribution < 1.29 is 8.42 Å². The van der Waals surface area contributed by atoms with E-state index in [-0.39, 0.29) is 0 Å². The molecule has 0 aliphatic heterocycles. The van der Waals surface area contributed by atoms with E-state index in [4.69, 9.17) is 0 Å². The molecule has 0 bridgehead atoms. The topological polar surface area (TPSA) is 46.2 Å². The van der Waals surface area contributed by atoms with Gasteiger partial charge in [0.05, 0.1) is 4.90 Å². The van der Waals surface area contributed by atoms with E-state index in [0.717, 1.165) is 24.8 Å². The van der Waals surface area contributed by atoms with E-state index in [2.05, 4.69) is 17.0 Å². The van der Waals surface area contributed by atoms with Gasteiger partial charge in [0.25, 0.3) is 0 Å². The van der Waals surface area contributed by atoms with Crippen LogP contribution in [0.5, 0.6) is 0 Å². The van der Waals surface area contributed by atoms with Crippen LogP contribution in [0.25, 0.3) is 0 Å². The van der Waals surface area contributed by atoms with Gasteiger partial charge in [-0.3, -0.25) is 0 Å². The highest BCUT2D eigenvalue weighted by Crippen LogP contribution is 2.09. The maximum atomic E-state index is 11.9. The van der Waals surface area contributed by atoms with Crippen molar-refractivity contribution in [3.05, 3.63) is 48.2 Å². The molecular formula is C14H19NO2S. The average Bonchev–Trinajstić information content (AvgIpc) is 2.34. The van der Waals surface area contributed by atoms with Crippen LogP contribution in [0.15, 0.2) is 47.5 Å². The van der Waals surface area contributed by atoms with E-state index in [1.165, 1.54) is 0 Å². The summed E-state index contributed by atoms with van der Waals surface area (Å²) in [5, 5.41) is 0. The zero-order valence-corrected chi connectivity index (χ0v) is 11.5. The minimum atomic E-state index is -3.36. The Balaban J connectivity index is 2.45. The second-order valence-electron chi connectivity index (χ2n) is 4.11. The molecule has 0 spiro atoms. The summed E-state index contributed by atoms with van der Waals surface area (Å²) in [5.74, 6) is 0. The molecule has 0 aliphatic carbocycles. The van der Waals surface area contributed by atoms with Crippen molar-refractivity contribution in [1.82, 2.24) is 4.72 Å². The molecular weight excluding hydrogens is 246 g/mol. The van der Waals surface area contributed by atoms with Gasteiger partial charge < -0.3 is 0 Å². The lowest BCUT2D eigenvalue weighted by Crippen LogP contribution is -2.24. The Kier molecular flexibility index (Phi) is 5.86. The van der Waals surface area contributed by atoms with E-state index < -0.39 is 10.0 Å². The number of hydrogen-bond donors (Lipinski definition) is 1. The molecule has 0 unspecified atom stereocenters. The monoisotopic (exact) mass is 265 g/mol.